The first kappa shape index (κ1) is 50.3. The fourth-order valence-electron chi connectivity index (χ4n) is 5.28. The Bertz CT molecular complexity index is 471. The molecule has 1 radical (unpaired) electrons. The monoisotopic (exact) mass is 668 g/mol. The first-order valence-electron chi connectivity index (χ1n) is 19.0. The normalized spacial score (nSPS) is 10.3. The van der Waals surface area contributed by atoms with Gasteiger partial charge in [-0.25, -0.2) is 0 Å². The summed E-state index contributed by atoms with van der Waals surface area (Å²) in [6, 6.07) is 0. The second-order valence-corrected chi connectivity index (χ2v) is 12.5. The molecule has 0 saturated heterocycles. The standard InChI is InChI=1S/2C18H36O2.C2H6O.Mn/c2*1-2-3-4-5-6-7-8-9-10-11-12-13-14-15-16-17-18(19)20;1-2-3;/h2*2-17H2,1H3,(H,19,20);3H,2H2,1H3;/q;;;+2/p-2. The number of aliphatic carboxylic acids is 2. The molecular formula is C38H76MnO5. The molecule has 44 heavy (non-hydrogen) atoms. The SMILES string of the molecule is CCCCCCCCCCCCCCCCCC(=O)[O-].CCCCCCCCCCCCCCCCCC(=O)[O-].CCO.[Mn+2]. The van der Waals surface area contributed by atoms with Crippen LogP contribution in [0.4, 0.5) is 0 Å². The maximum absolute atomic E-state index is 10.2. The Morgan fingerprint density at radius 2 is 0.500 bits per heavy atom. The van der Waals surface area contributed by atoms with Crippen molar-refractivity contribution in [1.82, 2.24) is 0 Å². The molecule has 6 heteroatoms. The summed E-state index contributed by atoms with van der Waals surface area (Å²) in [5.41, 5.74) is 0. The molecule has 1 N–H and O–H groups in total. The van der Waals surface area contributed by atoms with Crippen molar-refractivity contribution in [3.63, 3.8) is 0 Å². The molecule has 0 aromatic carbocycles. The fraction of sp³-hybridized carbons (Fsp3) is 0.947. The summed E-state index contributed by atoms with van der Waals surface area (Å²) in [5, 5.41) is 28.0. The first-order chi connectivity index (χ1) is 21.0. The largest absolute Gasteiger partial charge is 2.00 e. The third kappa shape index (κ3) is 60.6. The van der Waals surface area contributed by atoms with Gasteiger partial charge >= 0.3 is 17.1 Å². The van der Waals surface area contributed by atoms with E-state index >= 15 is 0 Å². The van der Waals surface area contributed by atoms with Gasteiger partial charge in [-0.15, -0.1) is 0 Å². The fourth-order valence-corrected chi connectivity index (χ4v) is 5.28. The molecule has 0 aliphatic carbocycles. The Hall–Kier alpha value is -0.581. The van der Waals surface area contributed by atoms with Crippen molar-refractivity contribution in [3.8, 4) is 0 Å². The van der Waals surface area contributed by atoms with Crippen LogP contribution in [0.15, 0.2) is 0 Å². The van der Waals surface area contributed by atoms with E-state index in [1.165, 1.54) is 167 Å². The van der Waals surface area contributed by atoms with E-state index in [1.54, 1.807) is 6.92 Å². The Morgan fingerprint density at radius 3 is 0.636 bits per heavy atom. The second-order valence-electron chi connectivity index (χ2n) is 12.5. The molecule has 0 aromatic heterocycles. The number of hydrogen-bond donors (Lipinski definition) is 1. The molecule has 0 saturated carbocycles. The van der Waals surface area contributed by atoms with Crippen LogP contribution in [0.3, 0.4) is 0 Å². The van der Waals surface area contributed by atoms with Gasteiger partial charge in [0.2, 0.25) is 0 Å². The van der Waals surface area contributed by atoms with Crippen molar-refractivity contribution in [3.05, 3.63) is 0 Å². The molecule has 0 atom stereocenters. The van der Waals surface area contributed by atoms with Gasteiger partial charge in [0.05, 0.1) is 0 Å². The molecular weight excluding hydrogens is 591 g/mol. The predicted molar refractivity (Wildman–Crippen MR) is 182 cm³/mol. The van der Waals surface area contributed by atoms with E-state index in [9.17, 15) is 19.8 Å². The smallest absolute Gasteiger partial charge is 0.550 e. The number of aliphatic hydroxyl groups excluding tert-OH is 1. The quantitative estimate of drug-likeness (QED) is 0.0568. The molecule has 0 amide bonds. The summed E-state index contributed by atoms with van der Waals surface area (Å²) < 4.78 is 0. The van der Waals surface area contributed by atoms with Gasteiger partial charge < -0.3 is 24.9 Å². The van der Waals surface area contributed by atoms with E-state index in [2.05, 4.69) is 13.8 Å². The van der Waals surface area contributed by atoms with Crippen LogP contribution >= 0.6 is 0 Å². The maximum Gasteiger partial charge on any atom is 2.00 e. The van der Waals surface area contributed by atoms with Crippen molar-refractivity contribution in [2.75, 3.05) is 6.61 Å². The topological polar surface area (TPSA) is 100 Å². The molecule has 0 aliphatic heterocycles. The number of unbranched alkanes of at least 4 members (excludes halogenated alkanes) is 28. The van der Waals surface area contributed by atoms with Crippen LogP contribution in [0, 0.1) is 0 Å². The second kappa shape index (κ2) is 49.3. The van der Waals surface area contributed by atoms with Gasteiger partial charge in [0.25, 0.3) is 0 Å². The number of carbonyl (C=O) groups excluding carboxylic acids is 2. The van der Waals surface area contributed by atoms with E-state index in [-0.39, 0.29) is 36.5 Å². The van der Waals surface area contributed by atoms with Crippen LogP contribution < -0.4 is 10.2 Å². The summed E-state index contributed by atoms with van der Waals surface area (Å²) in [6.45, 7) is 6.47. The van der Waals surface area contributed by atoms with Crippen molar-refractivity contribution >= 4 is 11.9 Å². The third-order valence-corrected chi connectivity index (χ3v) is 7.97. The van der Waals surface area contributed by atoms with E-state index in [1.807, 2.05) is 0 Å². The molecule has 5 nitrogen and oxygen atoms in total. The molecule has 0 aliphatic rings. The molecule has 0 spiro atoms. The third-order valence-electron chi connectivity index (χ3n) is 7.97. The molecule has 265 valence electrons. The van der Waals surface area contributed by atoms with Crippen LogP contribution in [-0.2, 0) is 26.7 Å². The Labute approximate surface area is 286 Å². The number of aliphatic hydroxyl groups is 1. The molecule has 0 unspecified atom stereocenters. The van der Waals surface area contributed by atoms with Crippen molar-refractivity contribution < 1.29 is 42.0 Å². The van der Waals surface area contributed by atoms with Gasteiger partial charge in [-0.2, -0.15) is 0 Å². The van der Waals surface area contributed by atoms with E-state index in [4.69, 9.17) is 5.11 Å². The summed E-state index contributed by atoms with van der Waals surface area (Å²) in [7, 11) is 0. The minimum Gasteiger partial charge on any atom is -0.550 e. The predicted octanol–water partition coefficient (Wildman–Crippen LogP) is 9.99. The zero-order valence-corrected chi connectivity index (χ0v) is 31.0. The zero-order chi connectivity index (χ0) is 32.5. The maximum atomic E-state index is 10.2. The average molecular weight is 668 g/mol. The molecule has 0 heterocycles. The number of carboxylic acid groups (broad SMARTS) is 2. The van der Waals surface area contributed by atoms with E-state index in [0.717, 1.165) is 25.7 Å². The van der Waals surface area contributed by atoms with E-state index < -0.39 is 11.9 Å². The van der Waals surface area contributed by atoms with Gasteiger partial charge in [0.1, 0.15) is 0 Å². The Balaban J connectivity index is -0.000000326. The number of carbonyl (C=O) groups is 2. The number of hydrogen-bond acceptors (Lipinski definition) is 5. The van der Waals surface area contributed by atoms with Crippen LogP contribution in [0.5, 0.6) is 0 Å². The Kier molecular flexibility index (Phi) is 56.3. The molecule has 0 bridgehead atoms. The van der Waals surface area contributed by atoms with Gasteiger partial charge in [0, 0.05) is 18.5 Å². The van der Waals surface area contributed by atoms with Crippen LogP contribution in [0.25, 0.3) is 0 Å². The Morgan fingerprint density at radius 1 is 0.364 bits per heavy atom. The molecule has 0 fully saturated rings. The molecule has 0 aromatic rings. The summed E-state index contributed by atoms with van der Waals surface area (Å²) in [5.74, 6) is -1.81. The van der Waals surface area contributed by atoms with Crippen LogP contribution in [0.2, 0.25) is 0 Å². The zero-order valence-electron chi connectivity index (χ0n) is 29.8. The summed E-state index contributed by atoms with van der Waals surface area (Å²) in [4.78, 5) is 20.4. The minimum atomic E-state index is -0.903. The first-order valence-corrected chi connectivity index (χ1v) is 19.0. The van der Waals surface area contributed by atoms with Gasteiger partial charge in [0.15, 0.2) is 0 Å². The molecule has 0 rings (SSSR count). The number of carboxylic acids is 2. The van der Waals surface area contributed by atoms with Gasteiger partial charge in [-0.3, -0.25) is 0 Å². The summed E-state index contributed by atoms with van der Waals surface area (Å²) >= 11 is 0. The van der Waals surface area contributed by atoms with Crippen molar-refractivity contribution in [2.45, 2.75) is 226 Å². The van der Waals surface area contributed by atoms with Gasteiger partial charge in [-0.05, 0) is 32.6 Å². The van der Waals surface area contributed by atoms with E-state index in [0.29, 0.717) is 0 Å². The van der Waals surface area contributed by atoms with Crippen molar-refractivity contribution in [1.29, 1.82) is 0 Å². The van der Waals surface area contributed by atoms with Crippen molar-refractivity contribution in [2.24, 2.45) is 0 Å². The van der Waals surface area contributed by atoms with Gasteiger partial charge in [-0.1, -0.05) is 194 Å². The average Bonchev–Trinajstić information content (AvgIpc) is 2.97. The van der Waals surface area contributed by atoms with Crippen LogP contribution in [-0.4, -0.2) is 23.7 Å². The number of rotatable bonds is 32. The van der Waals surface area contributed by atoms with Crippen LogP contribution in [0.1, 0.15) is 226 Å². The summed E-state index contributed by atoms with van der Waals surface area (Å²) in [6.07, 6.45) is 39.7. The minimum absolute atomic E-state index is 0.